The van der Waals surface area contributed by atoms with Crippen molar-refractivity contribution in [2.45, 2.75) is 59.2 Å². The number of hydrogen-bond acceptors (Lipinski definition) is 3. The highest BCUT2D eigenvalue weighted by Crippen LogP contribution is 2.37. The van der Waals surface area contributed by atoms with Gasteiger partial charge in [0.1, 0.15) is 11.3 Å². The minimum atomic E-state index is -0.319. The van der Waals surface area contributed by atoms with Crippen molar-refractivity contribution in [1.29, 1.82) is 0 Å². The Bertz CT molecular complexity index is 872. The summed E-state index contributed by atoms with van der Waals surface area (Å²) in [5, 5.41) is 4.53. The Kier molecular flexibility index (Phi) is 6.35. The zero-order chi connectivity index (χ0) is 20.1. The monoisotopic (exact) mass is 377 g/mol. The molecule has 0 aromatic heterocycles. The molecule has 0 radical (unpaired) electrons. The van der Waals surface area contributed by atoms with Crippen molar-refractivity contribution in [3.8, 4) is 11.1 Å². The molecule has 1 aliphatic rings. The van der Waals surface area contributed by atoms with Gasteiger partial charge >= 0.3 is 0 Å². The first-order chi connectivity index (χ1) is 13.3. The van der Waals surface area contributed by atoms with Gasteiger partial charge in [-0.2, -0.15) is 0 Å². The highest BCUT2D eigenvalue weighted by Gasteiger charge is 2.26. The maximum atomic E-state index is 5.77. The summed E-state index contributed by atoms with van der Waals surface area (Å²) in [4.78, 5) is 5.77. The molecule has 28 heavy (non-hydrogen) atoms. The van der Waals surface area contributed by atoms with Crippen LogP contribution in [0.3, 0.4) is 0 Å². The van der Waals surface area contributed by atoms with Gasteiger partial charge in [0, 0.05) is 17.7 Å². The third-order valence-corrected chi connectivity index (χ3v) is 4.46. The molecule has 0 unspecified atom stereocenters. The predicted molar refractivity (Wildman–Crippen MR) is 118 cm³/mol. The molecule has 2 aromatic rings. The minimum Gasteiger partial charge on any atom is -0.390 e. The van der Waals surface area contributed by atoms with Gasteiger partial charge in [-0.05, 0) is 70.2 Å². The van der Waals surface area contributed by atoms with E-state index in [1.54, 1.807) is 0 Å². The second-order valence-corrected chi connectivity index (χ2v) is 8.46. The fraction of sp³-hybridized carbons (Fsp3) is 0.400. The molecule has 0 spiro atoms. The van der Waals surface area contributed by atoms with E-state index in [0.717, 1.165) is 36.3 Å². The van der Waals surface area contributed by atoms with Crippen LogP contribution in [-0.4, -0.2) is 24.0 Å². The molecule has 2 aromatic carbocycles. The van der Waals surface area contributed by atoms with E-state index in [2.05, 4.69) is 73.6 Å². The number of oxime groups is 1. The zero-order valence-corrected chi connectivity index (χ0v) is 17.7. The fourth-order valence-corrected chi connectivity index (χ4v) is 3.19. The number of allylic oxidation sites excluding steroid dienone is 1. The van der Waals surface area contributed by atoms with Gasteiger partial charge in [-0.15, -0.1) is 0 Å². The highest BCUT2D eigenvalue weighted by molar-refractivity contribution is 6.24. The van der Waals surface area contributed by atoms with E-state index in [1.165, 1.54) is 16.7 Å². The molecule has 3 heteroatoms. The zero-order valence-electron chi connectivity index (χ0n) is 17.7. The molecular weight excluding hydrogens is 346 g/mol. The maximum Gasteiger partial charge on any atom is 0.129 e. The van der Waals surface area contributed by atoms with Crippen molar-refractivity contribution in [2.24, 2.45) is 5.16 Å². The van der Waals surface area contributed by atoms with Crippen molar-refractivity contribution in [1.82, 2.24) is 0 Å². The molecule has 0 saturated carbocycles. The molecule has 0 atom stereocenters. The molecule has 0 bridgehead atoms. The van der Waals surface area contributed by atoms with Crippen LogP contribution < -0.4 is 0 Å². The summed E-state index contributed by atoms with van der Waals surface area (Å²) in [6.45, 7) is 11.0. The molecule has 0 N–H and O–H groups in total. The minimum absolute atomic E-state index is 0.301. The van der Waals surface area contributed by atoms with Gasteiger partial charge in [0.25, 0.3) is 0 Å². The lowest BCUT2D eigenvalue weighted by Crippen LogP contribution is -2.17. The lowest BCUT2D eigenvalue weighted by Gasteiger charge is -2.16. The molecule has 1 aliphatic carbocycles. The van der Waals surface area contributed by atoms with E-state index in [-0.39, 0.29) is 5.60 Å². The summed E-state index contributed by atoms with van der Waals surface area (Å²) in [6.07, 6.45) is 6.75. The Morgan fingerprint density at radius 1 is 0.964 bits per heavy atom. The number of benzene rings is 2. The molecule has 148 valence electrons. The maximum absolute atomic E-state index is 5.77. The van der Waals surface area contributed by atoms with Gasteiger partial charge in [0.05, 0.1) is 6.10 Å². The number of rotatable bonds is 7. The van der Waals surface area contributed by atoms with Gasteiger partial charge in [-0.1, -0.05) is 53.7 Å². The number of nitrogens with zero attached hydrogens (tertiary/aromatic N) is 1. The third-order valence-electron chi connectivity index (χ3n) is 4.46. The van der Waals surface area contributed by atoms with Gasteiger partial charge in [-0.25, -0.2) is 0 Å². The average molecular weight is 378 g/mol. The van der Waals surface area contributed by atoms with Crippen molar-refractivity contribution in [2.75, 3.05) is 6.61 Å². The number of ether oxygens (including phenoxy) is 1. The summed E-state index contributed by atoms with van der Waals surface area (Å²) in [5.74, 6) is 0. The van der Waals surface area contributed by atoms with Crippen LogP contribution in [0.5, 0.6) is 0 Å². The second kappa shape index (κ2) is 8.74. The molecule has 0 aliphatic heterocycles. The molecule has 0 fully saturated rings. The van der Waals surface area contributed by atoms with Gasteiger partial charge in [0.15, 0.2) is 0 Å². The first kappa shape index (κ1) is 20.3. The van der Waals surface area contributed by atoms with E-state index >= 15 is 0 Å². The van der Waals surface area contributed by atoms with Crippen LogP contribution in [0.15, 0.2) is 53.7 Å². The van der Waals surface area contributed by atoms with E-state index in [1.807, 2.05) is 20.8 Å². The molecule has 0 saturated heterocycles. The number of fused-ring (bicyclic) bond motifs is 3. The molecule has 3 rings (SSSR count). The summed E-state index contributed by atoms with van der Waals surface area (Å²) in [6, 6.07) is 15.0. The van der Waals surface area contributed by atoms with Crippen molar-refractivity contribution in [3.05, 3.63) is 65.2 Å². The lowest BCUT2D eigenvalue weighted by molar-refractivity contribution is 0.00121. The van der Waals surface area contributed by atoms with Crippen LogP contribution >= 0.6 is 0 Å². The van der Waals surface area contributed by atoms with Crippen LogP contribution in [0.4, 0.5) is 0 Å². The Hall–Kier alpha value is -2.39. The topological polar surface area (TPSA) is 30.8 Å². The fourth-order valence-electron chi connectivity index (χ4n) is 3.19. The van der Waals surface area contributed by atoms with Gasteiger partial charge in [-0.3, -0.25) is 0 Å². The molecule has 3 nitrogen and oxygen atoms in total. The van der Waals surface area contributed by atoms with Crippen LogP contribution in [-0.2, 0) is 9.57 Å². The Morgan fingerprint density at radius 3 is 2.39 bits per heavy atom. The Labute approximate surface area is 169 Å². The number of unbranched alkanes of at least 4 members (excludes halogenated alkanes) is 1. The van der Waals surface area contributed by atoms with Crippen LogP contribution in [0.1, 0.15) is 64.2 Å². The SMILES string of the molecule is CC(C)OCCCC=Cc1ccc2c(c1)C(=NOC(C)(C)C)c1ccccc1-2. The average Bonchev–Trinajstić information content (AvgIpc) is 2.95. The second-order valence-electron chi connectivity index (χ2n) is 8.46. The molecule has 0 heterocycles. The smallest absolute Gasteiger partial charge is 0.129 e. The molecule has 0 amide bonds. The summed E-state index contributed by atoms with van der Waals surface area (Å²) >= 11 is 0. The Balaban J connectivity index is 1.80. The number of hydrogen-bond donors (Lipinski definition) is 0. The van der Waals surface area contributed by atoms with Gasteiger partial charge < -0.3 is 9.57 Å². The first-order valence-corrected chi connectivity index (χ1v) is 10.1. The van der Waals surface area contributed by atoms with Gasteiger partial charge in [0.2, 0.25) is 0 Å². The largest absolute Gasteiger partial charge is 0.390 e. The van der Waals surface area contributed by atoms with E-state index in [4.69, 9.17) is 9.57 Å². The van der Waals surface area contributed by atoms with Crippen molar-refractivity contribution >= 4 is 11.8 Å². The third kappa shape index (κ3) is 5.11. The Morgan fingerprint density at radius 2 is 1.68 bits per heavy atom. The van der Waals surface area contributed by atoms with E-state index in [0.29, 0.717) is 6.10 Å². The first-order valence-electron chi connectivity index (χ1n) is 10.1. The summed E-state index contributed by atoms with van der Waals surface area (Å²) in [5.41, 5.74) is 6.48. The van der Waals surface area contributed by atoms with Crippen LogP contribution in [0.2, 0.25) is 0 Å². The highest BCUT2D eigenvalue weighted by atomic mass is 16.6. The van der Waals surface area contributed by atoms with E-state index < -0.39 is 0 Å². The van der Waals surface area contributed by atoms with Crippen molar-refractivity contribution in [3.63, 3.8) is 0 Å². The normalized spacial score (nSPS) is 14.7. The van der Waals surface area contributed by atoms with E-state index in [9.17, 15) is 0 Å². The molecular formula is C25H31NO2. The van der Waals surface area contributed by atoms with Crippen molar-refractivity contribution < 1.29 is 9.57 Å². The summed E-state index contributed by atoms with van der Waals surface area (Å²) in [7, 11) is 0. The quantitative estimate of drug-likeness (QED) is 0.350. The van der Waals surface area contributed by atoms with Crippen LogP contribution in [0, 0.1) is 0 Å². The predicted octanol–water partition coefficient (Wildman–Crippen LogP) is 6.45. The van der Waals surface area contributed by atoms with Crippen LogP contribution in [0.25, 0.3) is 17.2 Å². The summed E-state index contributed by atoms with van der Waals surface area (Å²) < 4.78 is 5.60. The lowest BCUT2D eigenvalue weighted by atomic mass is 10.0. The standard InChI is InChI=1S/C25H31NO2/c1-18(2)27-16-10-6-7-11-19-14-15-21-20-12-8-9-13-22(20)24(23(21)17-19)26-28-25(3,4)5/h7-9,11-15,17-18H,6,10,16H2,1-5H3.